The summed E-state index contributed by atoms with van der Waals surface area (Å²) in [6, 6.07) is 11.4. The minimum Gasteiger partial charge on any atom is -0.383 e. The number of rotatable bonds is 3. The Kier molecular flexibility index (Phi) is 3.58. The molecule has 23 heavy (non-hydrogen) atoms. The number of nitrogens with zero attached hydrogens (tertiary/aromatic N) is 2. The Morgan fingerprint density at radius 3 is 2.70 bits per heavy atom. The molecular weight excluding hydrogens is 335 g/mol. The number of aliphatic hydroxyl groups is 1. The van der Waals surface area contributed by atoms with Crippen LogP contribution in [-0.2, 0) is 11.3 Å². The van der Waals surface area contributed by atoms with Gasteiger partial charge in [0.25, 0.3) is 0 Å². The van der Waals surface area contributed by atoms with E-state index in [0.29, 0.717) is 29.8 Å². The van der Waals surface area contributed by atoms with Gasteiger partial charge in [0.05, 0.1) is 37.1 Å². The van der Waals surface area contributed by atoms with E-state index in [0.717, 1.165) is 22.2 Å². The summed E-state index contributed by atoms with van der Waals surface area (Å²) in [6.45, 7) is 1.17. The second kappa shape index (κ2) is 5.49. The number of benzene rings is 2. The molecule has 118 valence electrons. The zero-order valence-corrected chi connectivity index (χ0v) is 13.7. The van der Waals surface area contributed by atoms with Gasteiger partial charge in [0.2, 0.25) is 0 Å². The van der Waals surface area contributed by atoms with Crippen LogP contribution >= 0.6 is 23.2 Å². The zero-order chi connectivity index (χ0) is 16.0. The van der Waals surface area contributed by atoms with Crippen LogP contribution in [0.4, 0.5) is 0 Å². The molecule has 0 aliphatic carbocycles. The molecule has 1 saturated heterocycles. The first kappa shape index (κ1) is 15.0. The molecule has 0 amide bonds. The van der Waals surface area contributed by atoms with Crippen molar-refractivity contribution in [3.05, 3.63) is 52.8 Å². The Bertz CT molecular complexity index is 887. The lowest BCUT2D eigenvalue weighted by Crippen LogP contribution is -2.52. The van der Waals surface area contributed by atoms with E-state index in [1.54, 1.807) is 12.4 Å². The van der Waals surface area contributed by atoms with Gasteiger partial charge in [0.15, 0.2) is 0 Å². The highest BCUT2D eigenvalue weighted by molar-refractivity contribution is 6.36. The second-order valence-electron chi connectivity index (χ2n) is 5.92. The third kappa shape index (κ3) is 2.72. The summed E-state index contributed by atoms with van der Waals surface area (Å²) in [5.74, 6) is 0. The summed E-state index contributed by atoms with van der Waals surface area (Å²) >= 11 is 12.3. The molecule has 1 fully saturated rings. The summed E-state index contributed by atoms with van der Waals surface area (Å²) in [4.78, 5) is 4.39. The van der Waals surface area contributed by atoms with Crippen molar-refractivity contribution >= 4 is 34.2 Å². The van der Waals surface area contributed by atoms with Gasteiger partial charge in [0.1, 0.15) is 5.60 Å². The van der Waals surface area contributed by atoms with Gasteiger partial charge in [-0.15, -0.1) is 0 Å². The molecule has 1 aromatic heterocycles. The number of hydrogen-bond acceptors (Lipinski definition) is 3. The number of halogens is 2. The van der Waals surface area contributed by atoms with E-state index in [2.05, 4.69) is 4.98 Å². The molecule has 0 radical (unpaired) electrons. The molecule has 1 N–H and O–H groups in total. The lowest BCUT2D eigenvalue weighted by atomic mass is 10.0. The standard InChI is InChI=1S/C17H14Cl2N2O2/c18-12-2-3-13(14(19)6-12)11-1-4-15-16(5-11)21(10-20-15)7-17(22)8-23-9-17/h1-6,10,22H,7-9H2. The van der Waals surface area contributed by atoms with Gasteiger partial charge in [-0.05, 0) is 29.8 Å². The fourth-order valence-corrected chi connectivity index (χ4v) is 3.34. The maximum absolute atomic E-state index is 10.3. The Balaban J connectivity index is 1.77. The molecule has 0 spiro atoms. The van der Waals surface area contributed by atoms with Crippen molar-refractivity contribution in [2.75, 3.05) is 13.2 Å². The zero-order valence-electron chi connectivity index (χ0n) is 12.2. The number of fused-ring (bicyclic) bond motifs is 1. The van der Waals surface area contributed by atoms with Crippen LogP contribution in [0.1, 0.15) is 0 Å². The second-order valence-corrected chi connectivity index (χ2v) is 6.76. The number of ether oxygens (including phenoxy) is 1. The molecule has 4 rings (SSSR count). The highest BCUT2D eigenvalue weighted by Gasteiger charge is 2.36. The van der Waals surface area contributed by atoms with Crippen molar-refractivity contribution in [3.63, 3.8) is 0 Å². The summed E-state index contributed by atoms with van der Waals surface area (Å²) in [5.41, 5.74) is 2.92. The van der Waals surface area contributed by atoms with Gasteiger partial charge < -0.3 is 14.4 Å². The molecule has 2 aromatic carbocycles. The lowest BCUT2D eigenvalue weighted by Gasteiger charge is -2.36. The van der Waals surface area contributed by atoms with Gasteiger partial charge in [-0.3, -0.25) is 0 Å². The average Bonchev–Trinajstić information content (AvgIpc) is 2.88. The average molecular weight is 349 g/mol. The third-order valence-corrected chi connectivity index (χ3v) is 4.62. The van der Waals surface area contributed by atoms with Crippen LogP contribution in [0, 0.1) is 0 Å². The topological polar surface area (TPSA) is 47.3 Å². The van der Waals surface area contributed by atoms with Crippen LogP contribution in [0.2, 0.25) is 10.0 Å². The van der Waals surface area contributed by atoms with E-state index in [9.17, 15) is 5.11 Å². The maximum Gasteiger partial charge on any atom is 0.129 e. The van der Waals surface area contributed by atoms with Crippen LogP contribution in [0.15, 0.2) is 42.7 Å². The SMILES string of the molecule is OC1(Cn2cnc3ccc(-c4ccc(Cl)cc4Cl)cc32)COC1. The third-order valence-electron chi connectivity index (χ3n) is 4.07. The summed E-state index contributed by atoms with van der Waals surface area (Å²) < 4.78 is 7.05. The van der Waals surface area contributed by atoms with E-state index in [-0.39, 0.29) is 0 Å². The Morgan fingerprint density at radius 1 is 1.17 bits per heavy atom. The fraction of sp³-hybridized carbons (Fsp3) is 0.235. The van der Waals surface area contributed by atoms with E-state index < -0.39 is 5.60 Å². The predicted molar refractivity (Wildman–Crippen MR) is 91.0 cm³/mol. The van der Waals surface area contributed by atoms with Crippen molar-refractivity contribution in [1.29, 1.82) is 0 Å². The van der Waals surface area contributed by atoms with Crippen molar-refractivity contribution in [2.45, 2.75) is 12.1 Å². The van der Waals surface area contributed by atoms with E-state index >= 15 is 0 Å². The van der Waals surface area contributed by atoms with E-state index in [4.69, 9.17) is 27.9 Å². The van der Waals surface area contributed by atoms with E-state index in [1.165, 1.54) is 0 Å². The first-order valence-corrected chi connectivity index (χ1v) is 8.00. The molecule has 3 aromatic rings. The van der Waals surface area contributed by atoms with Gasteiger partial charge >= 0.3 is 0 Å². The van der Waals surface area contributed by atoms with Crippen molar-refractivity contribution in [2.24, 2.45) is 0 Å². The van der Waals surface area contributed by atoms with Gasteiger partial charge in [0, 0.05) is 15.6 Å². The normalized spacial score (nSPS) is 16.5. The first-order chi connectivity index (χ1) is 11.0. The monoisotopic (exact) mass is 348 g/mol. The van der Waals surface area contributed by atoms with Crippen LogP contribution in [0.3, 0.4) is 0 Å². The summed E-state index contributed by atoms with van der Waals surface area (Å²) in [5, 5.41) is 11.5. The molecule has 1 aliphatic heterocycles. The van der Waals surface area contributed by atoms with Gasteiger partial charge in [-0.2, -0.15) is 0 Å². The lowest BCUT2D eigenvalue weighted by molar-refractivity contribution is -0.184. The molecule has 0 atom stereocenters. The smallest absolute Gasteiger partial charge is 0.129 e. The molecule has 0 unspecified atom stereocenters. The minimum absolute atomic E-state index is 0.357. The molecule has 4 nitrogen and oxygen atoms in total. The highest BCUT2D eigenvalue weighted by Crippen LogP contribution is 2.32. The molecule has 1 aliphatic rings. The largest absolute Gasteiger partial charge is 0.383 e. The minimum atomic E-state index is -0.804. The Labute approximate surface area is 143 Å². The Hall–Kier alpha value is -1.59. The molecule has 2 heterocycles. The predicted octanol–water partition coefficient (Wildman–Crippen LogP) is 3.77. The van der Waals surface area contributed by atoms with Crippen molar-refractivity contribution in [3.8, 4) is 11.1 Å². The van der Waals surface area contributed by atoms with Gasteiger partial charge in [-0.25, -0.2) is 4.98 Å². The van der Waals surface area contributed by atoms with Crippen LogP contribution in [-0.4, -0.2) is 33.5 Å². The van der Waals surface area contributed by atoms with Gasteiger partial charge in [-0.1, -0.05) is 35.3 Å². The molecule has 0 bridgehead atoms. The number of imidazole rings is 1. The molecule has 0 saturated carbocycles. The fourth-order valence-electron chi connectivity index (χ4n) is 2.82. The first-order valence-electron chi connectivity index (χ1n) is 7.25. The molecule has 6 heteroatoms. The molecular formula is C17H14Cl2N2O2. The van der Waals surface area contributed by atoms with Crippen LogP contribution < -0.4 is 0 Å². The van der Waals surface area contributed by atoms with Crippen molar-refractivity contribution < 1.29 is 9.84 Å². The summed E-state index contributed by atoms with van der Waals surface area (Å²) in [7, 11) is 0. The van der Waals surface area contributed by atoms with Crippen LogP contribution in [0.5, 0.6) is 0 Å². The Morgan fingerprint density at radius 2 is 2.00 bits per heavy atom. The van der Waals surface area contributed by atoms with Crippen molar-refractivity contribution in [1.82, 2.24) is 9.55 Å². The van der Waals surface area contributed by atoms with Crippen LogP contribution in [0.25, 0.3) is 22.2 Å². The van der Waals surface area contributed by atoms with E-state index in [1.807, 2.05) is 34.9 Å². The number of aromatic nitrogens is 2. The highest BCUT2D eigenvalue weighted by atomic mass is 35.5. The number of hydrogen-bond donors (Lipinski definition) is 1. The quantitative estimate of drug-likeness (QED) is 0.783. The maximum atomic E-state index is 10.3. The summed E-state index contributed by atoms with van der Waals surface area (Å²) in [6.07, 6.45) is 1.74.